The molecule has 1 aromatic carbocycles. The molecule has 0 spiro atoms. The van der Waals surface area contributed by atoms with Gasteiger partial charge in [0.2, 0.25) is 10.0 Å². The molecule has 3 nitrogen and oxygen atoms in total. The number of alkyl halides is 1. The van der Waals surface area contributed by atoms with Gasteiger partial charge in [-0.3, -0.25) is 0 Å². The van der Waals surface area contributed by atoms with Gasteiger partial charge in [-0.2, -0.15) is 0 Å². The summed E-state index contributed by atoms with van der Waals surface area (Å²) in [6.45, 7) is 2.05. The number of hydrogen-bond acceptors (Lipinski definition) is 2. The van der Waals surface area contributed by atoms with Crippen LogP contribution in [-0.4, -0.2) is 20.1 Å². The van der Waals surface area contributed by atoms with Crippen molar-refractivity contribution in [3.05, 3.63) is 35.9 Å². The quantitative estimate of drug-likeness (QED) is 0.561. The minimum absolute atomic E-state index is 0.132. The molecule has 1 atom stereocenters. The predicted molar refractivity (Wildman–Crippen MR) is 81.0 cm³/mol. The van der Waals surface area contributed by atoms with Crippen molar-refractivity contribution in [2.45, 2.75) is 38.6 Å². The molecule has 1 aromatic rings. The van der Waals surface area contributed by atoms with Crippen LogP contribution >= 0.6 is 11.6 Å². The second-order valence-corrected chi connectivity index (χ2v) is 6.84. The first kappa shape index (κ1) is 16.5. The zero-order valence-electron chi connectivity index (χ0n) is 11.3. The summed E-state index contributed by atoms with van der Waals surface area (Å²) in [7, 11) is -3.23. The Labute approximate surface area is 121 Å². The second kappa shape index (κ2) is 8.56. The van der Waals surface area contributed by atoms with Crippen LogP contribution in [0.3, 0.4) is 0 Å². The van der Waals surface area contributed by atoms with Crippen LogP contribution in [0.1, 0.15) is 44.2 Å². The molecular weight excluding hydrogens is 282 g/mol. The molecule has 0 aliphatic carbocycles. The third kappa shape index (κ3) is 6.41. The molecule has 5 heteroatoms. The molecule has 0 fully saturated rings. The molecule has 0 aromatic heterocycles. The van der Waals surface area contributed by atoms with Crippen LogP contribution in [0, 0.1) is 0 Å². The van der Waals surface area contributed by atoms with Gasteiger partial charge in [0.25, 0.3) is 0 Å². The summed E-state index contributed by atoms with van der Waals surface area (Å²) in [6, 6.07) is 9.58. The highest BCUT2D eigenvalue weighted by Gasteiger charge is 2.18. The van der Waals surface area contributed by atoms with Crippen molar-refractivity contribution in [3.63, 3.8) is 0 Å². The highest BCUT2D eigenvalue weighted by atomic mass is 35.5. The van der Waals surface area contributed by atoms with Gasteiger partial charge in [-0.05, 0) is 24.8 Å². The van der Waals surface area contributed by atoms with Crippen molar-refractivity contribution < 1.29 is 8.42 Å². The first-order chi connectivity index (χ1) is 9.09. The topological polar surface area (TPSA) is 46.2 Å². The van der Waals surface area contributed by atoms with Crippen molar-refractivity contribution in [3.8, 4) is 0 Å². The van der Waals surface area contributed by atoms with E-state index >= 15 is 0 Å². The molecule has 0 bridgehead atoms. The fourth-order valence-electron chi connectivity index (χ4n) is 1.93. The largest absolute Gasteiger partial charge is 0.212 e. The number of sulfonamides is 1. The maximum Gasteiger partial charge on any atom is 0.212 e. The third-order valence-corrected chi connectivity index (χ3v) is 4.63. The van der Waals surface area contributed by atoms with Crippen molar-refractivity contribution in [2.24, 2.45) is 0 Å². The lowest BCUT2D eigenvalue weighted by Gasteiger charge is -2.18. The molecular formula is C14H22ClNO2S. The molecule has 0 saturated heterocycles. The van der Waals surface area contributed by atoms with E-state index in [0.717, 1.165) is 24.8 Å². The average Bonchev–Trinajstić information content (AvgIpc) is 2.39. The monoisotopic (exact) mass is 303 g/mol. The maximum atomic E-state index is 12.0. The number of hydrogen-bond donors (Lipinski definition) is 1. The van der Waals surface area contributed by atoms with E-state index in [1.807, 2.05) is 30.3 Å². The van der Waals surface area contributed by atoms with Gasteiger partial charge in [0.05, 0.1) is 5.75 Å². The Hall–Kier alpha value is -0.580. The van der Waals surface area contributed by atoms with Crippen molar-refractivity contribution in [1.82, 2.24) is 4.72 Å². The Morgan fingerprint density at radius 2 is 1.89 bits per heavy atom. The highest BCUT2D eigenvalue weighted by Crippen LogP contribution is 2.19. The summed E-state index contributed by atoms with van der Waals surface area (Å²) in [5, 5.41) is 0. The Kier molecular flexibility index (Phi) is 7.42. The van der Waals surface area contributed by atoms with Gasteiger partial charge in [0.15, 0.2) is 0 Å². The Balaban J connectivity index is 2.68. The number of nitrogens with one attached hydrogen (secondary N) is 1. The Morgan fingerprint density at radius 3 is 2.47 bits per heavy atom. The van der Waals surface area contributed by atoms with E-state index in [2.05, 4.69) is 11.6 Å². The lowest BCUT2D eigenvalue weighted by atomic mass is 10.0. The Bertz CT molecular complexity index is 448. The van der Waals surface area contributed by atoms with Gasteiger partial charge in [0.1, 0.15) is 0 Å². The number of rotatable bonds is 9. The molecule has 0 aliphatic heterocycles. The van der Waals surface area contributed by atoms with Crippen LogP contribution in [0.25, 0.3) is 0 Å². The van der Waals surface area contributed by atoms with Crippen LogP contribution < -0.4 is 4.72 Å². The highest BCUT2D eigenvalue weighted by molar-refractivity contribution is 7.89. The minimum Gasteiger partial charge on any atom is -0.212 e. The maximum absolute atomic E-state index is 12.0. The molecule has 0 heterocycles. The van der Waals surface area contributed by atoms with Crippen molar-refractivity contribution in [1.29, 1.82) is 0 Å². The molecule has 19 heavy (non-hydrogen) atoms. The number of unbranched alkanes of at least 4 members (excludes halogenated alkanes) is 1. The Morgan fingerprint density at radius 1 is 1.21 bits per heavy atom. The lowest BCUT2D eigenvalue weighted by molar-refractivity contribution is 0.534. The van der Waals surface area contributed by atoms with E-state index in [1.54, 1.807) is 0 Å². The summed E-state index contributed by atoms with van der Waals surface area (Å²) in [6.07, 6.45) is 3.07. The van der Waals surface area contributed by atoms with E-state index in [9.17, 15) is 8.42 Å². The smallest absolute Gasteiger partial charge is 0.212 e. The van der Waals surface area contributed by atoms with Crippen LogP contribution in [0.15, 0.2) is 30.3 Å². The molecule has 0 aliphatic rings. The predicted octanol–water partition coefficient (Wildman–Crippen LogP) is 3.47. The fourth-order valence-corrected chi connectivity index (χ4v) is 3.51. The zero-order valence-corrected chi connectivity index (χ0v) is 12.9. The van der Waals surface area contributed by atoms with Gasteiger partial charge < -0.3 is 0 Å². The van der Waals surface area contributed by atoms with Gasteiger partial charge in [0, 0.05) is 11.9 Å². The summed E-state index contributed by atoms with van der Waals surface area (Å²) in [5.41, 5.74) is 1.02. The summed E-state index contributed by atoms with van der Waals surface area (Å²) in [4.78, 5) is 0. The van der Waals surface area contributed by atoms with Gasteiger partial charge >= 0.3 is 0 Å². The molecule has 0 saturated carbocycles. The van der Waals surface area contributed by atoms with Crippen molar-refractivity contribution >= 4 is 21.6 Å². The van der Waals surface area contributed by atoms with E-state index in [-0.39, 0.29) is 11.8 Å². The standard InChI is InChI=1S/C14H22ClNO2S/c1-2-8-14(13-9-4-3-5-10-13)16-19(17,18)12-7-6-11-15/h3-5,9-10,14,16H,2,6-8,11-12H2,1H3. The lowest BCUT2D eigenvalue weighted by Crippen LogP contribution is -2.30. The zero-order chi connectivity index (χ0) is 14.1. The first-order valence-corrected chi connectivity index (χ1v) is 8.88. The fraction of sp³-hybridized carbons (Fsp3) is 0.571. The van der Waals surface area contributed by atoms with Crippen LogP contribution in [-0.2, 0) is 10.0 Å². The van der Waals surface area contributed by atoms with Crippen LogP contribution in [0.4, 0.5) is 0 Å². The molecule has 108 valence electrons. The summed E-state index contributed by atoms with van der Waals surface area (Å²) in [5.74, 6) is 0.652. The van der Waals surface area contributed by atoms with Gasteiger partial charge in [-0.15, -0.1) is 11.6 Å². The molecule has 0 amide bonds. The molecule has 0 radical (unpaired) electrons. The van der Waals surface area contributed by atoms with Crippen LogP contribution in [0.5, 0.6) is 0 Å². The third-order valence-electron chi connectivity index (χ3n) is 2.90. The number of halogens is 1. The SMILES string of the molecule is CCCC(NS(=O)(=O)CCCCCl)c1ccccc1. The van der Waals surface area contributed by atoms with Gasteiger partial charge in [-0.1, -0.05) is 43.7 Å². The molecule has 1 rings (SSSR count). The van der Waals surface area contributed by atoms with E-state index in [0.29, 0.717) is 12.3 Å². The normalized spacial score (nSPS) is 13.4. The van der Waals surface area contributed by atoms with E-state index < -0.39 is 10.0 Å². The van der Waals surface area contributed by atoms with Crippen LogP contribution in [0.2, 0.25) is 0 Å². The average molecular weight is 304 g/mol. The second-order valence-electron chi connectivity index (χ2n) is 4.58. The summed E-state index contributed by atoms with van der Waals surface area (Å²) < 4.78 is 26.8. The number of benzene rings is 1. The first-order valence-electron chi connectivity index (χ1n) is 6.70. The van der Waals surface area contributed by atoms with E-state index in [1.165, 1.54) is 0 Å². The minimum atomic E-state index is -3.23. The molecule has 1 unspecified atom stereocenters. The summed E-state index contributed by atoms with van der Waals surface area (Å²) >= 11 is 5.57. The molecule has 1 N–H and O–H groups in total. The van der Waals surface area contributed by atoms with Gasteiger partial charge in [-0.25, -0.2) is 13.1 Å². The van der Waals surface area contributed by atoms with E-state index in [4.69, 9.17) is 11.6 Å². The van der Waals surface area contributed by atoms with Crippen molar-refractivity contribution in [2.75, 3.05) is 11.6 Å².